The Morgan fingerprint density at radius 1 is 1.69 bits per heavy atom. The largest absolute Gasteiger partial charge is 0.481 e. The number of rotatable bonds is 3. The average Bonchev–Trinajstić information content (AvgIpc) is 2.08. The lowest BCUT2D eigenvalue weighted by atomic mass is 10.3. The summed E-state index contributed by atoms with van der Waals surface area (Å²) >= 11 is 3.16. The second-order valence-electron chi connectivity index (χ2n) is 2.21. The van der Waals surface area contributed by atoms with E-state index < -0.39 is 5.97 Å². The van der Waals surface area contributed by atoms with Crippen LogP contribution in [0.25, 0.3) is 0 Å². The fraction of sp³-hybridized carbons (Fsp3) is 0.286. The van der Waals surface area contributed by atoms with Gasteiger partial charge >= 0.3 is 5.97 Å². The maximum absolute atomic E-state index is 10.4. The van der Waals surface area contributed by atoms with E-state index in [9.17, 15) is 4.79 Å². The first-order chi connectivity index (χ1) is 6.15. The molecule has 1 aromatic heterocycles. The first-order valence-corrected chi connectivity index (χ1v) is 4.19. The SMILES string of the molecule is COc1ncnc(CC(=O)O)c1Br. The topological polar surface area (TPSA) is 72.3 Å². The molecule has 0 aliphatic heterocycles. The molecule has 0 spiro atoms. The molecule has 5 nitrogen and oxygen atoms in total. The molecule has 1 rings (SSSR count). The van der Waals surface area contributed by atoms with E-state index in [1.807, 2.05) is 0 Å². The van der Waals surface area contributed by atoms with Crippen LogP contribution in [0.3, 0.4) is 0 Å². The number of carboxylic acid groups (broad SMARTS) is 1. The zero-order valence-corrected chi connectivity index (χ0v) is 8.41. The molecule has 70 valence electrons. The highest BCUT2D eigenvalue weighted by atomic mass is 79.9. The highest BCUT2D eigenvalue weighted by Gasteiger charge is 2.11. The summed E-state index contributed by atoms with van der Waals surface area (Å²) in [4.78, 5) is 18.0. The monoisotopic (exact) mass is 246 g/mol. The molecule has 0 bridgehead atoms. The fourth-order valence-electron chi connectivity index (χ4n) is 0.797. The standard InChI is InChI=1S/C7H7BrN2O3/c1-13-7-6(8)4(2-5(11)12)9-3-10-7/h3H,2H2,1H3,(H,11,12). The Labute approximate surface area is 82.9 Å². The van der Waals surface area contributed by atoms with Crippen LogP contribution in [0.2, 0.25) is 0 Å². The van der Waals surface area contributed by atoms with Gasteiger partial charge in [0.25, 0.3) is 0 Å². The van der Waals surface area contributed by atoms with E-state index in [0.717, 1.165) is 0 Å². The predicted octanol–water partition coefficient (Wildman–Crippen LogP) is 0.875. The number of hydrogen-bond acceptors (Lipinski definition) is 4. The van der Waals surface area contributed by atoms with E-state index in [2.05, 4.69) is 25.9 Å². The third-order valence-electron chi connectivity index (χ3n) is 1.34. The van der Waals surface area contributed by atoms with Crippen molar-refractivity contribution in [1.82, 2.24) is 9.97 Å². The summed E-state index contributed by atoms with van der Waals surface area (Å²) in [5.41, 5.74) is 0.402. The van der Waals surface area contributed by atoms with Crippen molar-refractivity contribution in [3.8, 4) is 5.88 Å². The minimum atomic E-state index is -0.943. The van der Waals surface area contributed by atoms with Gasteiger partial charge in [0, 0.05) is 0 Å². The molecular formula is C7H7BrN2O3. The third kappa shape index (κ3) is 2.38. The number of nitrogens with zero attached hydrogens (tertiary/aromatic N) is 2. The summed E-state index contributed by atoms with van der Waals surface area (Å²) < 4.78 is 5.36. The third-order valence-corrected chi connectivity index (χ3v) is 2.14. The van der Waals surface area contributed by atoms with Crippen LogP contribution in [-0.2, 0) is 11.2 Å². The summed E-state index contributed by atoms with van der Waals surface area (Å²) in [5, 5.41) is 8.53. The molecule has 0 aliphatic rings. The highest BCUT2D eigenvalue weighted by molar-refractivity contribution is 9.10. The Kier molecular flexibility index (Phi) is 3.18. The zero-order chi connectivity index (χ0) is 9.84. The van der Waals surface area contributed by atoms with Crippen LogP contribution in [0.15, 0.2) is 10.8 Å². The van der Waals surface area contributed by atoms with Crippen LogP contribution in [0.4, 0.5) is 0 Å². The average molecular weight is 247 g/mol. The minimum Gasteiger partial charge on any atom is -0.481 e. The van der Waals surface area contributed by atoms with E-state index in [4.69, 9.17) is 9.84 Å². The predicted molar refractivity (Wildman–Crippen MR) is 47.6 cm³/mol. The highest BCUT2D eigenvalue weighted by Crippen LogP contribution is 2.24. The van der Waals surface area contributed by atoms with Crippen LogP contribution >= 0.6 is 15.9 Å². The molecule has 13 heavy (non-hydrogen) atoms. The van der Waals surface area contributed by atoms with Gasteiger partial charge in [-0.3, -0.25) is 4.79 Å². The lowest BCUT2D eigenvalue weighted by molar-refractivity contribution is -0.136. The molecule has 0 saturated heterocycles. The van der Waals surface area contributed by atoms with E-state index >= 15 is 0 Å². The number of hydrogen-bond donors (Lipinski definition) is 1. The molecule has 0 amide bonds. The van der Waals surface area contributed by atoms with Crippen molar-refractivity contribution < 1.29 is 14.6 Å². The summed E-state index contributed by atoms with van der Waals surface area (Å²) in [6.07, 6.45) is 1.11. The van der Waals surface area contributed by atoms with E-state index in [0.29, 0.717) is 16.0 Å². The molecule has 0 aromatic carbocycles. The van der Waals surface area contributed by atoms with Gasteiger partial charge in [-0.1, -0.05) is 0 Å². The van der Waals surface area contributed by atoms with Gasteiger partial charge in [-0.25, -0.2) is 9.97 Å². The normalized spacial score (nSPS) is 9.69. The number of aliphatic carboxylic acids is 1. The molecule has 1 aromatic rings. The van der Waals surface area contributed by atoms with Gasteiger partial charge in [-0.2, -0.15) is 0 Å². The van der Waals surface area contributed by atoms with Crippen LogP contribution in [0.1, 0.15) is 5.69 Å². The Balaban J connectivity index is 3.01. The van der Waals surface area contributed by atoms with Crippen molar-refractivity contribution in [1.29, 1.82) is 0 Å². The van der Waals surface area contributed by atoms with E-state index in [1.54, 1.807) is 0 Å². The van der Waals surface area contributed by atoms with Crippen LogP contribution in [0, 0.1) is 0 Å². The molecule has 0 unspecified atom stereocenters. The van der Waals surface area contributed by atoms with Crippen LogP contribution in [-0.4, -0.2) is 28.2 Å². The Hall–Kier alpha value is -1.17. The van der Waals surface area contributed by atoms with Gasteiger partial charge < -0.3 is 9.84 Å². The van der Waals surface area contributed by atoms with Crippen molar-refractivity contribution in [2.75, 3.05) is 7.11 Å². The number of methoxy groups -OCH3 is 1. The number of ether oxygens (including phenoxy) is 1. The molecule has 0 atom stereocenters. The van der Waals surface area contributed by atoms with Gasteiger partial charge in [0.15, 0.2) is 0 Å². The van der Waals surface area contributed by atoms with E-state index in [-0.39, 0.29) is 6.42 Å². The number of halogens is 1. The maximum Gasteiger partial charge on any atom is 0.309 e. The Morgan fingerprint density at radius 2 is 2.38 bits per heavy atom. The molecule has 0 radical (unpaired) electrons. The summed E-state index contributed by atoms with van der Waals surface area (Å²) in [7, 11) is 1.46. The number of carbonyl (C=O) groups is 1. The molecule has 1 N–H and O–H groups in total. The lowest BCUT2D eigenvalue weighted by Gasteiger charge is -2.03. The molecule has 0 fully saturated rings. The van der Waals surface area contributed by atoms with Crippen molar-refractivity contribution in [3.05, 3.63) is 16.5 Å². The van der Waals surface area contributed by atoms with Crippen molar-refractivity contribution >= 4 is 21.9 Å². The van der Waals surface area contributed by atoms with Gasteiger partial charge in [0.1, 0.15) is 10.8 Å². The molecule has 0 saturated carbocycles. The van der Waals surface area contributed by atoms with Crippen LogP contribution < -0.4 is 4.74 Å². The quantitative estimate of drug-likeness (QED) is 0.858. The lowest BCUT2D eigenvalue weighted by Crippen LogP contribution is -2.04. The smallest absolute Gasteiger partial charge is 0.309 e. The maximum atomic E-state index is 10.4. The molecule has 1 heterocycles. The van der Waals surface area contributed by atoms with Crippen molar-refractivity contribution in [2.45, 2.75) is 6.42 Å². The molecule has 6 heteroatoms. The summed E-state index contributed by atoms with van der Waals surface area (Å²) in [5.74, 6) is -0.604. The Bertz CT molecular complexity index is 330. The molecular weight excluding hydrogens is 240 g/mol. The first-order valence-electron chi connectivity index (χ1n) is 3.40. The van der Waals surface area contributed by atoms with Crippen molar-refractivity contribution in [2.24, 2.45) is 0 Å². The first kappa shape index (κ1) is 9.91. The van der Waals surface area contributed by atoms with Gasteiger partial charge in [-0.15, -0.1) is 0 Å². The fourth-order valence-corrected chi connectivity index (χ4v) is 1.30. The number of carboxylic acids is 1. The molecule has 0 aliphatic carbocycles. The Morgan fingerprint density at radius 3 is 2.92 bits per heavy atom. The van der Waals surface area contributed by atoms with Gasteiger partial charge in [0.2, 0.25) is 5.88 Å². The summed E-state index contributed by atoms with van der Waals surface area (Å²) in [6, 6.07) is 0. The van der Waals surface area contributed by atoms with E-state index in [1.165, 1.54) is 13.4 Å². The summed E-state index contributed by atoms with van der Waals surface area (Å²) in [6.45, 7) is 0. The van der Waals surface area contributed by atoms with Crippen LogP contribution in [0.5, 0.6) is 5.88 Å². The van der Waals surface area contributed by atoms with Crippen molar-refractivity contribution in [3.63, 3.8) is 0 Å². The minimum absolute atomic E-state index is 0.153. The van der Waals surface area contributed by atoms with Gasteiger partial charge in [0.05, 0.1) is 19.2 Å². The number of aromatic nitrogens is 2. The second kappa shape index (κ2) is 4.18. The zero-order valence-electron chi connectivity index (χ0n) is 6.82. The second-order valence-corrected chi connectivity index (χ2v) is 3.01. The van der Waals surface area contributed by atoms with Gasteiger partial charge in [-0.05, 0) is 15.9 Å².